The quantitative estimate of drug-likeness (QED) is 0.0720. The van der Waals surface area contributed by atoms with Crippen LogP contribution in [0.1, 0.15) is 26.7 Å². The number of nitrogens with two attached hydrogens (primary N) is 1. The number of halogens is 1. The molecule has 3 aromatic carbocycles. The molecule has 46 heavy (non-hydrogen) atoms. The summed E-state index contributed by atoms with van der Waals surface area (Å²) in [7, 11) is 1.02. The highest BCUT2D eigenvalue weighted by molar-refractivity contribution is 8.77. The van der Waals surface area contributed by atoms with Crippen LogP contribution in [0.4, 0.5) is 0 Å². The summed E-state index contributed by atoms with van der Waals surface area (Å²) in [5, 5.41) is 9.04. The monoisotopic (exact) mass is 749 g/mol. The molecule has 2 atom stereocenters. The zero-order chi connectivity index (χ0) is 32.5. The molecule has 13 heteroatoms. The number of hydrogen-bond donors (Lipinski definition) is 3. The normalized spacial score (nSPS) is 12.2. The molecule has 0 aromatic heterocycles. The zero-order valence-corrected chi connectivity index (χ0v) is 30.0. The number of amides is 2. The van der Waals surface area contributed by atoms with E-state index in [4.69, 9.17) is 15.2 Å². The van der Waals surface area contributed by atoms with Crippen molar-refractivity contribution in [1.82, 2.24) is 10.6 Å². The second-order valence-electron chi connectivity index (χ2n) is 9.89. The topological polar surface area (TPSA) is 137 Å². The summed E-state index contributed by atoms with van der Waals surface area (Å²) < 4.78 is 9.83. The average molecular weight is 751 g/mol. The van der Waals surface area contributed by atoms with Gasteiger partial charge >= 0.3 is 11.9 Å². The summed E-state index contributed by atoms with van der Waals surface area (Å²) in [6.45, 7) is 3.43. The summed E-state index contributed by atoms with van der Waals surface area (Å²) >= 11 is 0. The van der Waals surface area contributed by atoms with Gasteiger partial charge in [0.25, 0.3) is 0 Å². The predicted octanol–water partition coefficient (Wildman–Crippen LogP) is 0.158. The van der Waals surface area contributed by atoms with E-state index in [-0.39, 0.29) is 55.3 Å². The van der Waals surface area contributed by atoms with Crippen LogP contribution in [-0.2, 0) is 28.7 Å². The molecule has 0 spiro atoms. The maximum Gasteiger partial charge on any atom is 0.325 e. The Balaban J connectivity index is 0.00000736. The minimum Gasteiger partial charge on any atom is -1.00 e. The minimum atomic E-state index is -2.10. The fraction of sp³-hybridized carbons (Fsp3) is 0.333. The van der Waals surface area contributed by atoms with Crippen LogP contribution in [0.3, 0.4) is 0 Å². The molecule has 248 valence electrons. The van der Waals surface area contributed by atoms with Gasteiger partial charge in [-0.1, -0.05) is 76.2 Å². The Hall–Kier alpha value is -2.89. The molecule has 0 unspecified atom stereocenters. The van der Waals surface area contributed by atoms with Gasteiger partial charge in [0.2, 0.25) is 11.8 Å². The number of carbonyl (C=O) groups excluding carboxylic acids is 4. The average Bonchev–Trinajstić information content (AvgIpc) is 3.07. The van der Waals surface area contributed by atoms with Crippen molar-refractivity contribution in [2.45, 2.75) is 38.8 Å². The van der Waals surface area contributed by atoms with Crippen LogP contribution >= 0.6 is 28.9 Å². The molecule has 2 amide bonds. The Kier molecular flexibility index (Phi) is 18.0. The third-order valence-corrected chi connectivity index (χ3v) is 14.8. The number of esters is 2. The molecule has 0 aliphatic rings. The second-order valence-corrected chi connectivity index (χ2v) is 16.3. The lowest BCUT2D eigenvalue weighted by molar-refractivity contribution is -0.145. The lowest BCUT2D eigenvalue weighted by Gasteiger charge is -2.27. The van der Waals surface area contributed by atoms with Gasteiger partial charge in [0.1, 0.15) is 47.3 Å². The Morgan fingerprint density at radius 1 is 0.783 bits per heavy atom. The molecule has 0 fully saturated rings. The molecular formula is C33H41BrN3O6PS2. The second kappa shape index (κ2) is 21.1. The van der Waals surface area contributed by atoms with Crippen molar-refractivity contribution < 1.29 is 45.6 Å². The minimum absolute atomic E-state index is 0. The first kappa shape index (κ1) is 39.3. The van der Waals surface area contributed by atoms with Crippen molar-refractivity contribution in [3.63, 3.8) is 0 Å². The Labute approximate surface area is 290 Å². The largest absolute Gasteiger partial charge is 1.00 e. The molecule has 3 aromatic rings. The molecule has 9 nitrogen and oxygen atoms in total. The first-order valence-electron chi connectivity index (χ1n) is 14.8. The van der Waals surface area contributed by atoms with Gasteiger partial charge in [0, 0.05) is 12.2 Å². The van der Waals surface area contributed by atoms with E-state index in [1.165, 1.54) is 26.7 Å². The first-order chi connectivity index (χ1) is 21.8. The van der Waals surface area contributed by atoms with Gasteiger partial charge in [0.15, 0.2) is 0 Å². The summed E-state index contributed by atoms with van der Waals surface area (Å²) in [6, 6.07) is 29.5. The van der Waals surface area contributed by atoms with Crippen LogP contribution in [-0.4, -0.2) is 66.8 Å². The number of nitrogens with one attached hydrogen (secondary N) is 2. The van der Waals surface area contributed by atoms with E-state index in [9.17, 15) is 19.2 Å². The van der Waals surface area contributed by atoms with Crippen molar-refractivity contribution >= 4 is 68.5 Å². The highest BCUT2D eigenvalue weighted by atomic mass is 79.9. The molecule has 0 bridgehead atoms. The first-order valence-corrected chi connectivity index (χ1v) is 19.2. The van der Waals surface area contributed by atoms with Crippen LogP contribution in [0.25, 0.3) is 0 Å². The van der Waals surface area contributed by atoms with E-state index < -0.39 is 43.1 Å². The summed E-state index contributed by atoms with van der Waals surface area (Å²) in [4.78, 5) is 49.7. The van der Waals surface area contributed by atoms with Crippen molar-refractivity contribution in [1.29, 1.82) is 0 Å². The molecule has 0 aliphatic heterocycles. The van der Waals surface area contributed by atoms with Gasteiger partial charge in [-0.3, -0.25) is 19.2 Å². The molecule has 0 saturated heterocycles. The van der Waals surface area contributed by atoms with Gasteiger partial charge in [-0.25, -0.2) is 0 Å². The van der Waals surface area contributed by atoms with Gasteiger partial charge in [-0.2, -0.15) is 0 Å². The van der Waals surface area contributed by atoms with Gasteiger partial charge in [-0.05, 0) is 56.7 Å². The van der Waals surface area contributed by atoms with Crippen LogP contribution < -0.4 is 49.3 Å². The van der Waals surface area contributed by atoms with Crippen LogP contribution in [0.2, 0.25) is 0 Å². The van der Waals surface area contributed by atoms with Crippen LogP contribution in [0, 0.1) is 0 Å². The fourth-order valence-electron chi connectivity index (χ4n) is 4.55. The maximum atomic E-state index is 13.1. The zero-order valence-electron chi connectivity index (χ0n) is 25.9. The maximum absolute atomic E-state index is 13.1. The van der Waals surface area contributed by atoms with E-state index in [2.05, 4.69) is 83.4 Å². The van der Waals surface area contributed by atoms with Crippen molar-refractivity contribution in [2.24, 2.45) is 5.73 Å². The van der Waals surface area contributed by atoms with Crippen molar-refractivity contribution in [3.05, 3.63) is 91.0 Å². The number of carbonyl (C=O) groups is 4. The standard InChI is InChI=1S/C33H40N3O6PS2.BrH/c1-3-41-31(38)22-35-32(39)29(36-30(37)21-20-28(34)33(40)42-4-2)23-44-45-24-43(25-14-8-5-9-15-25,26-16-10-6-11-17-26)27-18-12-7-13-19-27;/h5-19,28-29H,3-4,20-24,34H2,1-2H3,(H-,35,36,37,39);1H/t28-,29-;/m0./s1. The van der Waals surface area contributed by atoms with Crippen LogP contribution in [0.15, 0.2) is 91.0 Å². The molecule has 3 rings (SSSR count). The molecule has 0 heterocycles. The van der Waals surface area contributed by atoms with E-state index in [0.717, 1.165) is 5.49 Å². The highest BCUT2D eigenvalue weighted by Crippen LogP contribution is 2.59. The van der Waals surface area contributed by atoms with E-state index >= 15 is 0 Å². The fourth-order valence-corrected chi connectivity index (χ4v) is 13.5. The van der Waals surface area contributed by atoms with E-state index in [1.54, 1.807) is 24.6 Å². The van der Waals surface area contributed by atoms with E-state index in [1.807, 2.05) is 18.2 Å². The SMILES string of the molecule is CCOC(=O)CNC(=O)[C@H](CSSC[P+](c1ccccc1)(c1ccccc1)c1ccccc1)NC(=O)CC[C@H](N)C(=O)OCC.[Br-]. The van der Waals surface area contributed by atoms with Gasteiger partial charge in [0.05, 0.1) is 13.2 Å². The lowest BCUT2D eigenvalue weighted by Crippen LogP contribution is -3.00. The summed E-state index contributed by atoms with van der Waals surface area (Å²) in [6.07, 6.45) is 0.00601. The Bertz CT molecular complexity index is 1280. The lowest BCUT2D eigenvalue weighted by atomic mass is 10.1. The Morgan fingerprint density at radius 2 is 1.28 bits per heavy atom. The van der Waals surface area contributed by atoms with Crippen molar-refractivity contribution in [2.75, 3.05) is 31.0 Å². The number of rotatable bonds is 18. The smallest absolute Gasteiger partial charge is 0.325 e. The number of hydrogen-bond acceptors (Lipinski definition) is 9. The third-order valence-electron chi connectivity index (χ3n) is 6.79. The highest BCUT2D eigenvalue weighted by Gasteiger charge is 2.45. The van der Waals surface area contributed by atoms with Crippen molar-refractivity contribution in [3.8, 4) is 0 Å². The molecule has 4 N–H and O–H groups in total. The predicted molar refractivity (Wildman–Crippen MR) is 185 cm³/mol. The van der Waals surface area contributed by atoms with E-state index in [0.29, 0.717) is 0 Å². The molecular weight excluding hydrogens is 709 g/mol. The molecule has 0 aliphatic carbocycles. The number of benzene rings is 3. The summed E-state index contributed by atoms with van der Waals surface area (Å²) in [5.41, 5.74) is 6.59. The van der Waals surface area contributed by atoms with Gasteiger partial charge in [-0.15, -0.1) is 0 Å². The Morgan fingerprint density at radius 3 is 1.76 bits per heavy atom. The molecule has 0 saturated carbocycles. The molecule has 0 radical (unpaired) electrons. The summed E-state index contributed by atoms with van der Waals surface area (Å²) in [5.74, 6) is -1.84. The van der Waals surface area contributed by atoms with Crippen LogP contribution in [0.5, 0.6) is 0 Å². The number of ether oxygens (including phenoxy) is 2. The van der Waals surface area contributed by atoms with Gasteiger partial charge < -0.3 is 42.8 Å². The third kappa shape index (κ3) is 11.7.